The van der Waals surface area contributed by atoms with E-state index in [1.165, 1.54) is 12.8 Å². The topological polar surface area (TPSA) is 40.5 Å². The van der Waals surface area contributed by atoms with Crippen LogP contribution in [0.4, 0.5) is 0 Å². The second-order valence-electron chi connectivity index (χ2n) is 5.80. The Kier molecular flexibility index (Phi) is 5.03. The molecular weight excluding hydrogens is 262 g/mol. The van der Waals surface area contributed by atoms with E-state index in [9.17, 15) is 4.79 Å². The monoisotopic (exact) mass is 285 g/mol. The molecule has 112 valence electrons. The Bertz CT molecular complexity index is 579. The number of aryl methyl sites for hydroxylation is 1. The first kappa shape index (κ1) is 15.6. The van der Waals surface area contributed by atoms with E-state index in [2.05, 4.69) is 18.8 Å². The fraction of sp³-hybridized carbons (Fsp3) is 0.500. The highest BCUT2D eigenvalue weighted by Crippen LogP contribution is 2.35. The van der Waals surface area contributed by atoms with E-state index in [0.29, 0.717) is 18.4 Å². The number of nitrogens with zero attached hydrogens (tertiary/aromatic N) is 1. The van der Waals surface area contributed by atoms with Crippen LogP contribution in [0.25, 0.3) is 0 Å². The van der Waals surface area contributed by atoms with Crippen LogP contribution in [0.15, 0.2) is 18.2 Å². The molecule has 0 bridgehead atoms. The highest BCUT2D eigenvalue weighted by atomic mass is 16.2. The van der Waals surface area contributed by atoms with Crippen molar-refractivity contribution in [3.05, 3.63) is 34.9 Å². The van der Waals surface area contributed by atoms with Gasteiger partial charge in [0.25, 0.3) is 5.91 Å². The summed E-state index contributed by atoms with van der Waals surface area (Å²) in [5, 5.41) is 8.76. The van der Waals surface area contributed by atoms with Gasteiger partial charge in [0.1, 0.15) is 0 Å². The maximum Gasteiger partial charge on any atom is 0.254 e. The molecule has 2 rings (SSSR count). The van der Waals surface area contributed by atoms with Gasteiger partial charge in [-0.05, 0) is 50.3 Å². The number of hydrogen-bond acceptors (Lipinski definition) is 2. The zero-order valence-corrected chi connectivity index (χ0v) is 13.0. The average molecular weight is 285 g/mol. The molecule has 1 amide bonds. The lowest BCUT2D eigenvalue weighted by Crippen LogP contribution is -2.36. The molecule has 1 N–H and O–H groups in total. The van der Waals surface area contributed by atoms with Crippen molar-refractivity contribution in [2.75, 3.05) is 13.7 Å². The minimum absolute atomic E-state index is 0.0618. The fourth-order valence-electron chi connectivity index (χ4n) is 2.42. The lowest BCUT2D eigenvalue weighted by molar-refractivity contribution is 0.0726. The Morgan fingerprint density at radius 1 is 1.48 bits per heavy atom. The van der Waals surface area contributed by atoms with Gasteiger partial charge in [-0.25, -0.2) is 0 Å². The number of carbonyl (C=O) groups is 1. The van der Waals surface area contributed by atoms with Gasteiger partial charge < -0.3 is 10.0 Å². The van der Waals surface area contributed by atoms with Crippen LogP contribution < -0.4 is 0 Å². The van der Waals surface area contributed by atoms with E-state index in [4.69, 9.17) is 5.11 Å². The smallest absolute Gasteiger partial charge is 0.254 e. The van der Waals surface area contributed by atoms with Gasteiger partial charge in [0.05, 0.1) is 6.61 Å². The lowest BCUT2D eigenvalue weighted by atomic mass is 10.0. The van der Waals surface area contributed by atoms with E-state index in [1.54, 1.807) is 0 Å². The summed E-state index contributed by atoms with van der Waals surface area (Å²) in [6, 6.07) is 6.01. The van der Waals surface area contributed by atoms with Crippen molar-refractivity contribution in [1.29, 1.82) is 0 Å². The second kappa shape index (κ2) is 6.78. The Balaban J connectivity index is 2.19. The van der Waals surface area contributed by atoms with E-state index in [0.717, 1.165) is 16.7 Å². The summed E-state index contributed by atoms with van der Waals surface area (Å²) in [5.41, 5.74) is 2.52. The first-order chi connectivity index (χ1) is 10.0. The number of benzene rings is 1. The van der Waals surface area contributed by atoms with E-state index in [-0.39, 0.29) is 12.5 Å². The number of aliphatic hydroxyl groups is 1. The summed E-state index contributed by atoms with van der Waals surface area (Å²) in [4.78, 5) is 14.5. The molecule has 0 saturated heterocycles. The van der Waals surface area contributed by atoms with Gasteiger partial charge in [0.2, 0.25) is 0 Å². The summed E-state index contributed by atoms with van der Waals surface area (Å²) in [6.45, 7) is 4.13. The minimum Gasteiger partial charge on any atom is -0.395 e. The predicted octanol–water partition coefficient (Wildman–Crippen LogP) is 2.60. The molecule has 1 atom stereocenters. The number of carbonyl (C=O) groups excluding carboxylic acids is 1. The van der Waals surface area contributed by atoms with E-state index >= 15 is 0 Å². The molecule has 0 aliphatic heterocycles. The van der Waals surface area contributed by atoms with Crippen LogP contribution in [0.3, 0.4) is 0 Å². The maximum atomic E-state index is 12.7. The van der Waals surface area contributed by atoms with Gasteiger partial charge in [-0.15, -0.1) is 0 Å². The van der Waals surface area contributed by atoms with Crippen LogP contribution in [-0.4, -0.2) is 35.6 Å². The van der Waals surface area contributed by atoms with Gasteiger partial charge in [0, 0.05) is 30.6 Å². The zero-order chi connectivity index (χ0) is 15.4. The predicted molar refractivity (Wildman–Crippen MR) is 84.0 cm³/mol. The molecule has 3 heteroatoms. The van der Waals surface area contributed by atoms with Gasteiger partial charge in [0.15, 0.2) is 0 Å². The second-order valence-corrected chi connectivity index (χ2v) is 5.80. The number of hydrogen-bond donors (Lipinski definition) is 1. The lowest BCUT2D eigenvalue weighted by Gasteiger charge is -2.25. The summed E-state index contributed by atoms with van der Waals surface area (Å²) in [5.74, 6) is 6.61. The molecule has 1 saturated carbocycles. The van der Waals surface area contributed by atoms with Crippen LogP contribution in [-0.2, 0) is 0 Å². The molecular formula is C18H23NO2. The number of amides is 1. The Morgan fingerprint density at radius 3 is 2.81 bits per heavy atom. The summed E-state index contributed by atoms with van der Waals surface area (Å²) in [7, 11) is 1.88. The highest BCUT2D eigenvalue weighted by Gasteiger charge is 2.33. The van der Waals surface area contributed by atoms with Crippen molar-refractivity contribution in [2.45, 2.75) is 39.2 Å². The fourth-order valence-corrected chi connectivity index (χ4v) is 2.42. The first-order valence-electron chi connectivity index (χ1n) is 7.52. The van der Waals surface area contributed by atoms with Crippen molar-refractivity contribution < 1.29 is 9.90 Å². The van der Waals surface area contributed by atoms with Crippen molar-refractivity contribution in [2.24, 2.45) is 5.92 Å². The molecule has 1 aliphatic rings. The first-order valence-corrected chi connectivity index (χ1v) is 7.52. The molecule has 0 radical (unpaired) electrons. The Hall–Kier alpha value is -1.79. The molecule has 0 spiro atoms. The van der Waals surface area contributed by atoms with Gasteiger partial charge in [-0.1, -0.05) is 17.9 Å². The average Bonchev–Trinajstić information content (AvgIpc) is 3.31. The van der Waals surface area contributed by atoms with Crippen LogP contribution in [0.5, 0.6) is 0 Å². The molecule has 21 heavy (non-hydrogen) atoms. The Morgan fingerprint density at radius 2 is 2.19 bits per heavy atom. The maximum absolute atomic E-state index is 12.7. The van der Waals surface area contributed by atoms with Crippen LogP contribution in [0.2, 0.25) is 0 Å². The molecule has 1 aliphatic carbocycles. The molecule has 1 aromatic rings. The molecule has 3 nitrogen and oxygen atoms in total. The van der Waals surface area contributed by atoms with E-state index in [1.807, 2.05) is 37.1 Å². The summed E-state index contributed by atoms with van der Waals surface area (Å²) in [6.07, 6.45) is 2.91. The van der Waals surface area contributed by atoms with Crippen LogP contribution in [0.1, 0.15) is 47.7 Å². The highest BCUT2D eigenvalue weighted by molar-refractivity contribution is 5.96. The number of rotatable bonds is 4. The third kappa shape index (κ3) is 3.86. The minimum atomic E-state index is 0.0618. The summed E-state index contributed by atoms with van der Waals surface area (Å²) < 4.78 is 0. The summed E-state index contributed by atoms with van der Waals surface area (Å²) >= 11 is 0. The third-order valence-electron chi connectivity index (χ3n) is 4.17. The third-order valence-corrected chi connectivity index (χ3v) is 4.17. The molecule has 1 fully saturated rings. The van der Waals surface area contributed by atoms with Crippen molar-refractivity contribution >= 4 is 5.91 Å². The van der Waals surface area contributed by atoms with Gasteiger partial charge in [-0.2, -0.15) is 0 Å². The van der Waals surface area contributed by atoms with Gasteiger partial charge >= 0.3 is 0 Å². The standard InChI is InChI=1S/C18H23NO2/c1-13-7-8-15(6-4-5-11-20)12-17(13)18(21)19(3)14(2)16-9-10-16/h7-8,12,14,16,20H,5,9-11H2,1-3H3. The molecule has 1 unspecified atom stereocenters. The van der Waals surface area contributed by atoms with Crippen molar-refractivity contribution in [3.8, 4) is 11.8 Å². The molecule has 0 aromatic heterocycles. The van der Waals surface area contributed by atoms with E-state index < -0.39 is 0 Å². The Labute approximate surface area is 127 Å². The largest absolute Gasteiger partial charge is 0.395 e. The van der Waals surface area contributed by atoms with Crippen molar-refractivity contribution in [3.63, 3.8) is 0 Å². The quantitative estimate of drug-likeness (QED) is 0.864. The van der Waals surface area contributed by atoms with Crippen LogP contribution in [0, 0.1) is 24.7 Å². The van der Waals surface area contributed by atoms with Gasteiger partial charge in [-0.3, -0.25) is 4.79 Å². The van der Waals surface area contributed by atoms with Crippen LogP contribution >= 0.6 is 0 Å². The molecule has 1 aromatic carbocycles. The van der Waals surface area contributed by atoms with Crippen molar-refractivity contribution in [1.82, 2.24) is 4.90 Å². The number of aliphatic hydroxyl groups excluding tert-OH is 1. The molecule has 0 heterocycles. The SMILES string of the molecule is Cc1ccc(C#CCCO)cc1C(=O)N(C)C(C)C1CC1. The normalized spacial score (nSPS) is 15.0. The zero-order valence-electron chi connectivity index (χ0n) is 13.0.